The Balaban J connectivity index is 1.53. The molecule has 33 heavy (non-hydrogen) atoms. The van der Waals surface area contributed by atoms with Crippen LogP contribution in [0.4, 0.5) is 0 Å². The minimum Gasteiger partial charge on any atom is -0.497 e. The number of rotatable bonds is 10. The number of hydrogen-bond donors (Lipinski definition) is 0. The van der Waals surface area contributed by atoms with Gasteiger partial charge in [0.05, 0.1) is 29.8 Å². The first-order valence-electron chi connectivity index (χ1n) is 10.9. The second-order valence-corrected chi connectivity index (χ2v) is 8.75. The highest BCUT2D eigenvalue weighted by molar-refractivity contribution is 7.98. The number of thioether (sulfide) groups is 1. The average Bonchev–Trinajstić information content (AvgIpc) is 3.31. The summed E-state index contributed by atoms with van der Waals surface area (Å²) in [6.07, 6.45) is 2.54. The summed E-state index contributed by atoms with van der Waals surface area (Å²) >= 11 is 1.48. The zero-order valence-electron chi connectivity index (χ0n) is 19.0. The Kier molecular flexibility index (Phi) is 7.47. The summed E-state index contributed by atoms with van der Waals surface area (Å²) in [7, 11) is 1.63. The molecule has 0 fully saturated rings. The topological polar surface area (TPSA) is 79.4 Å². The van der Waals surface area contributed by atoms with Gasteiger partial charge < -0.3 is 13.9 Å². The van der Waals surface area contributed by atoms with Crippen LogP contribution in [-0.4, -0.2) is 34.4 Å². The highest BCUT2D eigenvalue weighted by Gasteiger charge is 2.14. The summed E-state index contributed by atoms with van der Waals surface area (Å²) in [6, 6.07) is 15.0. The summed E-state index contributed by atoms with van der Waals surface area (Å²) in [5.74, 6) is 1.86. The summed E-state index contributed by atoms with van der Waals surface area (Å²) in [6.45, 7) is 5.14. The molecule has 2 heterocycles. The number of aromatic nitrogens is 3. The minimum atomic E-state index is -0.0354. The lowest BCUT2D eigenvalue weighted by atomic mass is 10.2. The first-order chi connectivity index (χ1) is 16.0. The van der Waals surface area contributed by atoms with Crippen molar-refractivity contribution in [3.05, 3.63) is 70.8 Å². The third-order valence-corrected chi connectivity index (χ3v) is 6.05. The van der Waals surface area contributed by atoms with Crippen LogP contribution in [0, 0.1) is 0 Å². The van der Waals surface area contributed by atoms with E-state index in [0.717, 1.165) is 23.4 Å². The van der Waals surface area contributed by atoms with Gasteiger partial charge in [0.25, 0.3) is 5.56 Å². The normalized spacial score (nSPS) is 11.4. The number of oxazole rings is 1. The van der Waals surface area contributed by atoms with Gasteiger partial charge in [-0.25, -0.2) is 9.97 Å². The molecule has 4 aromatic rings. The molecule has 0 aliphatic heterocycles. The van der Waals surface area contributed by atoms with E-state index in [1.165, 1.54) is 11.8 Å². The summed E-state index contributed by atoms with van der Waals surface area (Å²) in [5, 5.41) is 1.28. The van der Waals surface area contributed by atoms with Crippen LogP contribution in [0.5, 0.6) is 5.75 Å². The third-order valence-electron chi connectivity index (χ3n) is 5.04. The van der Waals surface area contributed by atoms with E-state index in [2.05, 4.69) is 4.98 Å². The maximum atomic E-state index is 13.2. The second-order valence-electron chi connectivity index (χ2n) is 7.80. The molecule has 0 aliphatic carbocycles. The van der Waals surface area contributed by atoms with E-state index >= 15 is 0 Å². The second kappa shape index (κ2) is 10.7. The lowest BCUT2D eigenvalue weighted by Gasteiger charge is -2.13. The molecule has 2 aromatic heterocycles. The van der Waals surface area contributed by atoms with Crippen molar-refractivity contribution in [3.8, 4) is 17.2 Å². The standard InChI is InChI=1S/C25H27N3O4S/c1-17(2)31-14-6-13-28-24(29)21-7-4-5-8-22(21)27-25(28)33-16-19-15-32-23(26-19)18-9-11-20(30-3)12-10-18/h4-5,7-12,15,17H,6,13-14,16H2,1-3H3. The fourth-order valence-electron chi connectivity index (χ4n) is 3.37. The molecule has 0 radical (unpaired) electrons. The number of hydrogen-bond acceptors (Lipinski definition) is 7. The van der Waals surface area contributed by atoms with E-state index in [-0.39, 0.29) is 11.7 Å². The SMILES string of the molecule is COc1ccc(-c2nc(CSc3nc4ccccc4c(=O)n3CCCOC(C)C)co2)cc1. The Hall–Kier alpha value is -3.10. The van der Waals surface area contributed by atoms with Gasteiger partial charge in [0.1, 0.15) is 12.0 Å². The lowest BCUT2D eigenvalue weighted by Crippen LogP contribution is -2.24. The number of nitrogens with zero attached hydrogens (tertiary/aromatic N) is 3. The molecular formula is C25H27N3O4S. The average molecular weight is 466 g/mol. The van der Waals surface area contributed by atoms with Gasteiger partial charge in [-0.2, -0.15) is 0 Å². The Bertz CT molecular complexity index is 1260. The van der Waals surface area contributed by atoms with Gasteiger partial charge in [0.2, 0.25) is 5.89 Å². The van der Waals surface area contributed by atoms with E-state index < -0.39 is 0 Å². The minimum absolute atomic E-state index is 0.0354. The Morgan fingerprint density at radius 2 is 1.88 bits per heavy atom. The number of ether oxygens (including phenoxy) is 2. The van der Waals surface area contributed by atoms with Crippen molar-refractivity contribution in [2.75, 3.05) is 13.7 Å². The van der Waals surface area contributed by atoms with Gasteiger partial charge in [0.15, 0.2) is 5.16 Å². The molecule has 4 rings (SSSR count). The van der Waals surface area contributed by atoms with Gasteiger partial charge in [-0.15, -0.1) is 0 Å². The van der Waals surface area contributed by atoms with Crippen LogP contribution in [0.1, 0.15) is 26.0 Å². The fraction of sp³-hybridized carbons (Fsp3) is 0.320. The summed E-state index contributed by atoms with van der Waals surface area (Å²) in [5.41, 5.74) is 2.31. The van der Waals surface area contributed by atoms with E-state index in [9.17, 15) is 4.79 Å². The van der Waals surface area contributed by atoms with Crippen molar-refractivity contribution in [1.82, 2.24) is 14.5 Å². The zero-order chi connectivity index (χ0) is 23.2. The van der Waals surface area contributed by atoms with E-state index in [0.29, 0.717) is 40.9 Å². The third kappa shape index (κ3) is 5.64. The summed E-state index contributed by atoms with van der Waals surface area (Å²) < 4.78 is 18.3. The molecule has 2 aromatic carbocycles. The van der Waals surface area contributed by atoms with Crippen LogP contribution in [0.15, 0.2) is 69.2 Å². The van der Waals surface area contributed by atoms with Gasteiger partial charge in [-0.1, -0.05) is 23.9 Å². The van der Waals surface area contributed by atoms with Crippen molar-refractivity contribution in [1.29, 1.82) is 0 Å². The largest absolute Gasteiger partial charge is 0.497 e. The van der Waals surface area contributed by atoms with E-state index in [1.807, 2.05) is 62.4 Å². The van der Waals surface area contributed by atoms with Gasteiger partial charge in [-0.05, 0) is 56.7 Å². The molecule has 8 heteroatoms. The van der Waals surface area contributed by atoms with E-state index in [1.54, 1.807) is 17.9 Å². The van der Waals surface area contributed by atoms with Crippen molar-refractivity contribution in [3.63, 3.8) is 0 Å². The predicted octanol–water partition coefficient (Wildman–Crippen LogP) is 5.17. The fourth-order valence-corrected chi connectivity index (χ4v) is 4.28. The van der Waals surface area contributed by atoms with Gasteiger partial charge in [-0.3, -0.25) is 9.36 Å². The maximum Gasteiger partial charge on any atom is 0.262 e. The molecule has 0 unspecified atom stereocenters. The summed E-state index contributed by atoms with van der Waals surface area (Å²) in [4.78, 5) is 22.5. The molecule has 0 saturated carbocycles. The molecule has 0 aliphatic rings. The van der Waals surface area contributed by atoms with Crippen LogP contribution in [0.2, 0.25) is 0 Å². The molecule has 0 N–H and O–H groups in total. The molecule has 172 valence electrons. The van der Waals surface area contributed by atoms with Crippen LogP contribution in [0.25, 0.3) is 22.4 Å². The van der Waals surface area contributed by atoms with Crippen molar-refractivity contribution < 1.29 is 13.9 Å². The van der Waals surface area contributed by atoms with Crippen molar-refractivity contribution in [2.24, 2.45) is 0 Å². The number of para-hydroxylation sites is 1. The van der Waals surface area contributed by atoms with Crippen molar-refractivity contribution >= 4 is 22.7 Å². The number of fused-ring (bicyclic) bond motifs is 1. The molecule has 7 nitrogen and oxygen atoms in total. The molecule has 0 spiro atoms. The Morgan fingerprint density at radius 1 is 1.09 bits per heavy atom. The van der Waals surface area contributed by atoms with Gasteiger partial charge >= 0.3 is 0 Å². The van der Waals surface area contributed by atoms with Gasteiger partial charge in [0, 0.05) is 24.5 Å². The van der Waals surface area contributed by atoms with Crippen LogP contribution in [-0.2, 0) is 17.0 Å². The Morgan fingerprint density at radius 3 is 2.64 bits per heavy atom. The molecule has 0 bridgehead atoms. The smallest absolute Gasteiger partial charge is 0.262 e. The van der Waals surface area contributed by atoms with Crippen LogP contribution in [0.3, 0.4) is 0 Å². The quantitative estimate of drug-likeness (QED) is 0.182. The highest BCUT2D eigenvalue weighted by atomic mass is 32.2. The lowest BCUT2D eigenvalue weighted by molar-refractivity contribution is 0.0743. The van der Waals surface area contributed by atoms with E-state index in [4.69, 9.17) is 18.9 Å². The molecule has 0 atom stereocenters. The van der Waals surface area contributed by atoms with Crippen LogP contribution >= 0.6 is 11.8 Å². The van der Waals surface area contributed by atoms with Crippen molar-refractivity contribution in [2.45, 2.75) is 43.8 Å². The van der Waals surface area contributed by atoms with Crippen LogP contribution < -0.4 is 10.3 Å². The monoisotopic (exact) mass is 465 g/mol. The number of benzene rings is 2. The Labute approximate surface area is 196 Å². The first kappa shape index (κ1) is 23.1. The molecule has 0 saturated heterocycles. The maximum absolute atomic E-state index is 13.2. The predicted molar refractivity (Wildman–Crippen MR) is 130 cm³/mol. The molecular weight excluding hydrogens is 438 g/mol. The first-order valence-corrected chi connectivity index (χ1v) is 11.9. The number of methoxy groups -OCH3 is 1. The molecule has 0 amide bonds. The zero-order valence-corrected chi connectivity index (χ0v) is 19.8. The highest BCUT2D eigenvalue weighted by Crippen LogP contribution is 2.26.